The second kappa shape index (κ2) is 7.67. The number of hydrogen-bond acceptors (Lipinski definition) is 4. The lowest BCUT2D eigenvalue weighted by Gasteiger charge is -2.22. The summed E-state index contributed by atoms with van der Waals surface area (Å²) in [5, 5.41) is 3.00. The van der Waals surface area contributed by atoms with Crippen molar-refractivity contribution in [1.29, 1.82) is 0 Å². The van der Waals surface area contributed by atoms with Crippen molar-refractivity contribution in [2.45, 2.75) is 38.1 Å². The van der Waals surface area contributed by atoms with Crippen LogP contribution < -0.4 is 5.32 Å². The summed E-state index contributed by atoms with van der Waals surface area (Å²) in [5.74, 6) is 0.702. The first kappa shape index (κ1) is 14.5. The van der Waals surface area contributed by atoms with Crippen molar-refractivity contribution in [3.8, 4) is 0 Å². The molecule has 0 spiro atoms. The van der Waals surface area contributed by atoms with Gasteiger partial charge in [0.25, 0.3) is 0 Å². The lowest BCUT2D eigenvalue weighted by atomic mass is 10.1. The second-order valence-corrected chi connectivity index (χ2v) is 5.07. The summed E-state index contributed by atoms with van der Waals surface area (Å²) in [6, 6.07) is -0.175. The van der Waals surface area contributed by atoms with E-state index in [0.717, 1.165) is 25.4 Å². The van der Waals surface area contributed by atoms with E-state index in [4.69, 9.17) is 4.74 Å². The van der Waals surface area contributed by atoms with Crippen LogP contribution in [-0.4, -0.2) is 51.2 Å². The van der Waals surface area contributed by atoms with Crippen LogP contribution >= 0.6 is 0 Å². The van der Waals surface area contributed by atoms with Crippen LogP contribution in [0.5, 0.6) is 0 Å². The molecule has 1 aliphatic rings. The summed E-state index contributed by atoms with van der Waals surface area (Å²) in [6.07, 6.45) is 6.33. The normalized spacial score (nSPS) is 18.6. The molecule has 0 aliphatic heterocycles. The number of methoxy groups -OCH3 is 1. The van der Waals surface area contributed by atoms with Crippen molar-refractivity contribution >= 4 is 5.97 Å². The zero-order valence-electron chi connectivity index (χ0n) is 11.4. The first-order chi connectivity index (χ1) is 8.17. The third kappa shape index (κ3) is 5.04. The molecular weight excluding hydrogens is 216 g/mol. The molecule has 1 rings (SSSR count). The number of nitrogens with zero attached hydrogens (tertiary/aromatic N) is 1. The van der Waals surface area contributed by atoms with Gasteiger partial charge < -0.3 is 15.0 Å². The predicted molar refractivity (Wildman–Crippen MR) is 68.9 cm³/mol. The van der Waals surface area contributed by atoms with Crippen LogP contribution in [0.1, 0.15) is 32.1 Å². The second-order valence-electron chi connectivity index (χ2n) is 5.07. The van der Waals surface area contributed by atoms with Crippen LogP contribution in [0.2, 0.25) is 0 Å². The van der Waals surface area contributed by atoms with E-state index in [1.54, 1.807) is 7.05 Å². The zero-order chi connectivity index (χ0) is 12.7. The minimum absolute atomic E-state index is 0.165. The fourth-order valence-electron chi connectivity index (χ4n) is 2.60. The van der Waals surface area contributed by atoms with E-state index in [2.05, 4.69) is 17.3 Å². The van der Waals surface area contributed by atoms with E-state index < -0.39 is 0 Å². The largest absolute Gasteiger partial charge is 0.468 e. The van der Waals surface area contributed by atoms with Gasteiger partial charge in [0.1, 0.15) is 6.04 Å². The van der Waals surface area contributed by atoms with E-state index in [1.807, 2.05) is 0 Å². The number of likely N-dealkylation sites (N-methyl/N-ethyl adjacent to an activating group) is 1. The summed E-state index contributed by atoms with van der Waals surface area (Å²) in [6.45, 7) is 2.11. The maximum atomic E-state index is 11.4. The highest BCUT2D eigenvalue weighted by molar-refractivity contribution is 5.75. The van der Waals surface area contributed by atoms with Gasteiger partial charge in [-0.15, -0.1) is 0 Å². The molecule has 0 aromatic carbocycles. The molecule has 0 bridgehead atoms. The average molecular weight is 242 g/mol. The molecule has 1 unspecified atom stereocenters. The van der Waals surface area contributed by atoms with Gasteiger partial charge in [0.05, 0.1) is 7.11 Å². The SMILES string of the molecule is CNC(CCN(C)CC1CCCC1)C(=O)OC. The molecule has 0 aromatic heterocycles. The maximum Gasteiger partial charge on any atom is 0.322 e. The molecule has 1 atom stereocenters. The highest BCUT2D eigenvalue weighted by Crippen LogP contribution is 2.25. The minimum Gasteiger partial charge on any atom is -0.468 e. The molecule has 100 valence electrons. The van der Waals surface area contributed by atoms with E-state index >= 15 is 0 Å². The predicted octanol–water partition coefficient (Wildman–Crippen LogP) is 1.26. The van der Waals surface area contributed by atoms with Crippen molar-refractivity contribution in [1.82, 2.24) is 10.2 Å². The third-order valence-electron chi connectivity index (χ3n) is 3.68. The number of ether oxygens (including phenoxy) is 1. The van der Waals surface area contributed by atoms with Gasteiger partial charge in [0.2, 0.25) is 0 Å². The fourth-order valence-corrected chi connectivity index (χ4v) is 2.60. The minimum atomic E-state index is -0.175. The monoisotopic (exact) mass is 242 g/mol. The Bertz CT molecular complexity index is 227. The van der Waals surface area contributed by atoms with Crippen molar-refractivity contribution in [2.24, 2.45) is 5.92 Å². The van der Waals surface area contributed by atoms with Gasteiger partial charge in [-0.05, 0) is 45.8 Å². The number of nitrogens with one attached hydrogen (secondary N) is 1. The molecule has 1 aliphatic carbocycles. The Morgan fingerprint density at radius 1 is 1.47 bits per heavy atom. The summed E-state index contributed by atoms with van der Waals surface area (Å²) >= 11 is 0. The summed E-state index contributed by atoms with van der Waals surface area (Å²) < 4.78 is 4.75. The first-order valence-corrected chi connectivity index (χ1v) is 6.61. The molecule has 17 heavy (non-hydrogen) atoms. The topological polar surface area (TPSA) is 41.6 Å². The van der Waals surface area contributed by atoms with Crippen LogP contribution in [0.15, 0.2) is 0 Å². The average Bonchev–Trinajstić information content (AvgIpc) is 2.82. The molecule has 0 amide bonds. The van der Waals surface area contributed by atoms with Gasteiger partial charge >= 0.3 is 5.97 Å². The Labute approximate surface area is 105 Å². The van der Waals surface area contributed by atoms with Crippen LogP contribution in [0.3, 0.4) is 0 Å². The summed E-state index contributed by atoms with van der Waals surface area (Å²) in [4.78, 5) is 13.7. The molecule has 4 heteroatoms. The van der Waals surface area contributed by atoms with Gasteiger partial charge in [0, 0.05) is 6.54 Å². The highest BCUT2D eigenvalue weighted by atomic mass is 16.5. The molecule has 0 radical (unpaired) electrons. The quantitative estimate of drug-likeness (QED) is 0.682. The van der Waals surface area contributed by atoms with Crippen molar-refractivity contribution in [3.63, 3.8) is 0 Å². The number of carbonyl (C=O) groups is 1. The van der Waals surface area contributed by atoms with Crippen LogP contribution in [0, 0.1) is 5.92 Å². The third-order valence-corrected chi connectivity index (χ3v) is 3.68. The zero-order valence-corrected chi connectivity index (χ0v) is 11.4. The van der Waals surface area contributed by atoms with E-state index in [-0.39, 0.29) is 12.0 Å². The number of carbonyl (C=O) groups excluding carboxylic acids is 1. The summed E-state index contributed by atoms with van der Waals surface area (Å²) in [7, 11) is 5.38. The molecule has 1 fully saturated rings. The van der Waals surface area contributed by atoms with Gasteiger partial charge in [-0.1, -0.05) is 12.8 Å². The first-order valence-electron chi connectivity index (χ1n) is 6.61. The lowest BCUT2D eigenvalue weighted by molar-refractivity contribution is -0.143. The van der Waals surface area contributed by atoms with E-state index in [9.17, 15) is 4.79 Å². The Kier molecular flexibility index (Phi) is 6.52. The fraction of sp³-hybridized carbons (Fsp3) is 0.923. The van der Waals surface area contributed by atoms with Crippen molar-refractivity contribution in [3.05, 3.63) is 0 Å². The summed E-state index contributed by atoms with van der Waals surface area (Å²) in [5.41, 5.74) is 0. The van der Waals surface area contributed by atoms with Gasteiger partial charge in [0.15, 0.2) is 0 Å². The maximum absolute atomic E-state index is 11.4. The van der Waals surface area contributed by atoms with Crippen LogP contribution in [-0.2, 0) is 9.53 Å². The number of esters is 1. The standard InChI is InChI=1S/C13H26N2O2/c1-14-12(13(16)17-3)8-9-15(2)10-11-6-4-5-7-11/h11-12,14H,4-10H2,1-3H3. The van der Waals surface area contributed by atoms with Crippen LogP contribution in [0.25, 0.3) is 0 Å². The van der Waals surface area contributed by atoms with Gasteiger partial charge in [-0.2, -0.15) is 0 Å². The molecule has 0 saturated heterocycles. The van der Waals surface area contributed by atoms with E-state index in [1.165, 1.54) is 32.8 Å². The van der Waals surface area contributed by atoms with Crippen LogP contribution in [0.4, 0.5) is 0 Å². The van der Waals surface area contributed by atoms with Crippen molar-refractivity contribution < 1.29 is 9.53 Å². The number of hydrogen-bond donors (Lipinski definition) is 1. The Balaban J connectivity index is 2.20. The smallest absolute Gasteiger partial charge is 0.322 e. The molecule has 1 saturated carbocycles. The molecule has 4 nitrogen and oxygen atoms in total. The highest BCUT2D eigenvalue weighted by Gasteiger charge is 2.19. The lowest BCUT2D eigenvalue weighted by Crippen LogP contribution is -2.38. The van der Waals surface area contributed by atoms with Gasteiger partial charge in [-0.3, -0.25) is 4.79 Å². The Hall–Kier alpha value is -0.610. The van der Waals surface area contributed by atoms with Gasteiger partial charge in [-0.25, -0.2) is 0 Å². The number of rotatable bonds is 7. The van der Waals surface area contributed by atoms with E-state index in [0.29, 0.717) is 0 Å². The molecule has 0 heterocycles. The molecular formula is C13H26N2O2. The van der Waals surface area contributed by atoms with Crippen molar-refractivity contribution in [2.75, 3.05) is 34.3 Å². The molecule has 0 aromatic rings. The molecule has 1 N–H and O–H groups in total. The Morgan fingerprint density at radius 2 is 2.12 bits per heavy atom. The Morgan fingerprint density at radius 3 is 2.65 bits per heavy atom.